The highest BCUT2D eigenvalue weighted by molar-refractivity contribution is 6.36. The molecular weight excluding hydrogens is 271 g/mol. The minimum Gasteiger partial charge on any atom is -0.305 e. The van der Waals surface area contributed by atoms with E-state index in [4.69, 9.17) is 23.2 Å². The molecule has 1 aliphatic rings. The van der Waals surface area contributed by atoms with Crippen LogP contribution in [0.25, 0.3) is 0 Å². The number of hydrogen-bond acceptors (Lipinski definition) is 2. The largest absolute Gasteiger partial charge is 0.305 e. The third kappa shape index (κ3) is 3.15. The van der Waals surface area contributed by atoms with E-state index in [9.17, 15) is 4.79 Å². The maximum Gasteiger partial charge on any atom is 0.271 e. The summed E-state index contributed by atoms with van der Waals surface area (Å²) < 4.78 is 0. The molecule has 5 heteroatoms. The Hall–Kier alpha value is -1.71. The van der Waals surface area contributed by atoms with E-state index in [0.717, 1.165) is 5.57 Å². The lowest BCUT2D eigenvalue weighted by Gasteiger charge is -2.06. The number of hydrazine groups is 1. The van der Waals surface area contributed by atoms with Gasteiger partial charge in [-0.3, -0.25) is 10.2 Å². The van der Waals surface area contributed by atoms with Crippen molar-refractivity contribution in [3.63, 3.8) is 0 Å². The average molecular weight is 281 g/mol. The van der Waals surface area contributed by atoms with Crippen LogP contribution in [0.3, 0.4) is 0 Å². The maximum atomic E-state index is 11.8. The van der Waals surface area contributed by atoms with Gasteiger partial charge in [-0.2, -0.15) is 0 Å². The number of carbonyl (C=O) groups excluding carboxylic acids is 1. The SMILES string of the molecule is O=C(NNC=C1C=CC=C1)c1ccc(Cl)cc1Cl. The van der Waals surface area contributed by atoms with Gasteiger partial charge in [0.2, 0.25) is 0 Å². The van der Waals surface area contributed by atoms with E-state index in [1.807, 2.05) is 24.3 Å². The number of halogens is 2. The summed E-state index contributed by atoms with van der Waals surface area (Å²) in [7, 11) is 0. The van der Waals surface area contributed by atoms with Crippen LogP contribution < -0.4 is 10.9 Å². The fourth-order valence-corrected chi connectivity index (χ4v) is 1.91. The van der Waals surface area contributed by atoms with Crippen LogP contribution in [0.1, 0.15) is 10.4 Å². The zero-order valence-corrected chi connectivity index (χ0v) is 10.8. The molecule has 0 aromatic heterocycles. The van der Waals surface area contributed by atoms with E-state index in [0.29, 0.717) is 15.6 Å². The monoisotopic (exact) mass is 280 g/mol. The number of benzene rings is 1. The van der Waals surface area contributed by atoms with Crippen molar-refractivity contribution in [1.29, 1.82) is 0 Å². The fourth-order valence-electron chi connectivity index (χ4n) is 1.41. The van der Waals surface area contributed by atoms with Gasteiger partial charge in [0.1, 0.15) is 0 Å². The van der Waals surface area contributed by atoms with E-state index in [-0.39, 0.29) is 5.91 Å². The van der Waals surface area contributed by atoms with Crippen LogP contribution in [0.4, 0.5) is 0 Å². The molecule has 0 saturated carbocycles. The Morgan fingerprint density at radius 2 is 1.89 bits per heavy atom. The number of amides is 1. The Labute approximate surface area is 115 Å². The summed E-state index contributed by atoms with van der Waals surface area (Å²) in [6.07, 6.45) is 9.32. The Kier molecular flexibility index (Phi) is 4.07. The predicted molar refractivity (Wildman–Crippen MR) is 73.4 cm³/mol. The summed E-state index contributed by atoms with van der Waals surface area (Å²) in [6, 6.07) is 4.71. The van der Waals surface area contributed by atoms with E-state index >= 15 is 0 Å². The first-order valence-corrected chi connectivity index (χ1v) is 5.98. The van der Waals surface area contributed by atoms with Gasteiger partial charge in [-0.15, -0.1) is 0 Å². The zero-order valence-electron chi connectivity index (χ0n) is 9.28. The van der Waals surface area contributed by atoms with Gasteiger partial charge in [0.15, 0.2) is 0 Å². The van der Waals surface area contributed by atoms with Gasteiger partial charge in [0, 0.05) is 11.2 Å². The number of rotatable bonds is 3. The van der Waals surface area contributed by atoms with Crippen LogP contribution in [-0.2, 0) is 0 Å². The smallest absolute Gasteiger partial charge is 0.271 e. The van der Waals surface area contributed by atoms with Crippen molar-refractivity contribution in [2.75, 3.05) is 0 Å². The molecule has 1 aromatic rings. The summed E-state index contributed by atoms with van der Waals surface area (Å²) in [5.41, 5.74) is 6.57. The molecule has 0 saturated heterocycles. The van der Waals surface area contributed by atoms with Crippen molar-refractivity contribution in [2.45, 2.75) is 0 Å². The number of nitrogens with one attached hydrogen (secondary N) is 2. The molecule has 0 aliphatic heterocycles. The van der Waals surface area contributed by atoms with Crippen molar-refractivity contribution in [3.8, 4) is 0 Å². The van der Waals surface area contributed by atoms with Crippen LogP contribution in [0.2, 0.25) is 10.0 Å². The van der Waals surface area contributed by atoms with Crippen molar-refractivity contribution in [1.82, 2.24) is 10.9 Å². The first-order valence-electron chi connectivity index (χ1n) is 5.22. The third-order valence-corrected chi connectivity index (χ3v) is 2.84. The predicted octanol–water partition coefficient (Wildman–Crippen LogP) is 3.24. The number of carbonyl (C=O) groups is 1. The quantitative estimate of drug-likeness (QED) is 0.835. The summed E-state index contributed by atoms with van der Waals surface area (Å²) in [6.45, 7) is 0. The maximum absolute atomic E-state index is 11.8. The van der Waals surface area contributed by atoms with Gasteiger partial charge in [-0.25, -0.2) is 0 Å². The molecule has 1 amide bonds. The van der Waals surface area contributed by atoms with Crippen molar-refractivity contribution in [2.24, 2.45) is 0 Å². The molecule has 2 N–H and O–H groups in total. The minimum absolute atomic E-state index is 0.315. The molecule has 0 fully saturated rings. The number of allylic oxidation sites excluding steroid dienone is 5. The van der Waals surface area contributed by atoms with Crippen LogP contribution in [-0.4, -0.2) is 5.91 Å². The summed E-state index contributed by atoms with van der Waals surface area (Å²) in [5.74, 6) is -0.320. The highest BCUT2D eigenvalue weighted by Gasteiger charge is 2.09. The molecule has 92 valence electrons. The Balaban J connectivity index is 1.97. The molecule has 2 rings (SSSR count). The molecule has 18 heavy (non-hydrogen) atoms. The topological polar surface area (TPSA) is 41.1 Å². The molecule has 0 atom stereocenters. The van der Waals surface area contributed by atoms with Crippen molar-refractivity contribution >= 4 is 29.1 Å². The average Bonchev–Trinajstić information content (AvgIpc) is 2.81. The Morgan fingerprint density at radius 3 is 2.56 bits per heavy atom. The van der Waals surface area contributed by atoms with Crippen molar-refractivity contribution < 1.29 is 4.79 Å². The lowest BCUT2D eigenvalue weighted by molar-refractivity contribution is 0.0941. The van der Waals surface area contributed by atoms with Gasteiger partial charge in [0.05, 0.1) is 10.6 Å². The minimum atomic E-state index is -0.320. The van der Waals surface area contributed by atoms with E-state index in [1.54, 1.807) is 18.3 Å². The second-order valence-electron chi connectivity index (χ2n) is 3.59. The van der Waals surface area contributed by atoms with E-state index < -0.39 is 0 Å². The first-order chi connectivity index (χ1) is 8.66. The molecule has 0 unspecified atom stereocenters. The normalized spacial score (nSPS) is 12.7. The van der Waals surface area contributed by atoms with Crippen molar-refractivity contribution in [3.05, 3.63) is 69.9 Å². The summed E-state index contributed by atoms with van der Waals surface area (Å²) >= 11 is 11.7. The molecule has 0 radical (unpaired) electrons. The standard InChI is InChI=1S/C13H10Cl2N2O/c14-10-5-6-11(12(15)7-10)13(18)17-16-8-9-3-1-2-4-9/h1-8,16H,(H,17,18). The number of hydrogen-bond donors (Lipinski definition) is 2. The molecular formula is C13H10Cl2N2O. The highest BCUT2D eigenvalue weighted by Crippen LogP contribution is 2.20. The van der Waals surface area contributed by atoms with Gasteiger partial charge in [-0.05, 0) is 23.8 Å². The van der Waals surface area contributed by atoms with E-state index in [1.165, 1.54) is 6.07 Å². The molecule has 1 aromatic carbocycles. The third-order valence-electron chi connectivity index (χ3n) is 2.29. The van der Waals surface area contributed by atoms with Crippen LogP contribution in [0, 0.1) is 0 Å². The highest BCUT2D eigenvalue weighted by atomic mass is 35.5. The second-order valence-corrected chi connectivity index (χ2v) is 4.43. The van der Waals surface area contributed by atoms with Crippen LogP contribution >= 0.6 is 23.2 Å². The molecule has 0 spiro atoms. The van der Waals surface area contributed by atoms with Crippen LogP contribution in [0.5, 0.6) is 0 Å². The van der Waals surface area contributed by atoms with Gasteiger partial charge in [-0.1, -0.05) is 47.5 Å². The fraction of sp³-hybridized carbons (Fsp3) is 0. The first kappa shape index (κ1) is 12.7. The molecule has 0 heterocycles. The molecule has 0 bridgehead atoms. The lowest BCUT2D eigenvalue weighted by atomic mass is 10.2. The van der Waals surface area contributed by atoms with Gasteiger partial charge >= 0.3 is 0 Å². The van der Waals surface area contributed by atoms with E-state index in [2.05, 4.69) is 10.9 Å². The second kappa shape index (κ2) is 5.76. The summed E-state index contributed by atoms with van der Waals surface area (Å²) in [5, 5.41) is 0.808. The van der Waals surface area contributed by atoms with Gasteiger partial charge < -0.3 is 5.43 Å². The lowest BCUT2D eigenvalue weighted by Crippen LogP contribution is -2.33. The van der Waals surface area contributed by atoms with Gasteiger partial charge in [0.25, 0.3) is 5.91 Å². The van der Waals surface area contributed by atoms with Crippen LogP contribution in [0.15, 0.2) is 54.3 Å². The Bertz CT molecular complexity index is 548. The Morgan fingerprint density at radius 1 is 1.17 bits per heavy atom. The summed E-state index contributed by atoms with van der Waals surface area (Å²) in [4.78, 5) is 11.8. The zero-order chi connectivity index (χ0) is 13.0. The molecule has 1 aliphatic carbocycles. The molecule has 3 nitrogen and oxygen atoms in total.